The minimum absolute atomic E-state index is 0.108. The molecule has 0 radical (unpaired) electrons. The summed E-state index contributed by atoms with van der Waals surface area (Å²) in [7, 11) is 0. The lowest BCUT2D eigenvalue weighted by atomic mass is 10.1. The van der Waals surface area contributed by atoms with Gasteiger partial charge in [-0.1, -0.05) is 19.4 Å². The maximum absolute atomic E-state index is 12.3. The van der Waals surface area contributed by atoms with Gasteiger partial charge in [0.2, 0.25) is 6.04 Å². The molecule has 1 amide bonds. The Labute approximate surface area is 131 Å². The van der Waals surface area contributed by atoms with Crippen LogP contribution in [0.1, 0.15) is 37.4 Å². The second-order valence-corrected chi connectivity index (χ2v) is 5.26. The Balaban J connectivity index is 2.06. The minimum Gasteiger partial charge on any atom is -0.320 e. The predicted molar refractivity (Wildman–Crippen MR) is 85.1 cm³/mol. The minimum atomic E-state index is -0.318. The summed E-state index contributed by atoms with van der Waals surface area (Å²) in [6.45, 7) is 4.00. The number of amides is 1. The van der Waals surface area contributed by atoms with Crippen molar-refractivity contribution in [1.82, 2.24) is 0 Å². The van der Waals surface area contributed by atoms with Gasteiger partial charge >= 0.3 is 0 Å². The van der Waals surface area contributed by atoms with Crippen LogP contribution in [-0.4, -0.2) is 5.91 Å². The first kappa shape index (κ1) is 15.7. The Bertz CT molecular complexity index is 686. The molecule has 0 aliphatic rings. The molecule has 0 saturated heterocycles. The summed E-state index contributed by atoms with van der Waals surface area (Å²) in [6, 6.07) is 12.7. The van der Waals surface area contributed by atoms with Gasteiger partial charge in [0, 0.05) is 24.7 Å². The number of carbonyl (C=O) groups is 1. The molecule has 0 aliphatic heterocycles. The molecule has 0 bridgehead atoms. The number of pyridine rings is 1. The molecule has 0 spiro atoms. The molecule has 112 valence electrons. The number of nitrogens with zero attached hydrogens (tertiary/aromatic N) is 2. The second kappa shape index (κ2) is 7.37. The molecule has 0 saturated carbocycles. The van der Waals surface area contributed by atoms with E-state index in [4.69, 9.17) is 5.26 Å². The zero-order valence-electron chi connectivity index (χ0n) is 12.9. The zero-order chi connectivity index (χ0) is 15.9. The van der Waals surface area contributed by atoms with Crippen LogP contribution in [0.4, 0.5) is 5.69 Å². The van der Waals surface area contributed by atoms with Crippen LogP contribution in [0.25, 0.3) is 0 Å². The van der Waals surface area contributed by atoms with Crippen LogP contribution in [0.15, 0.2) is 48.8 Å². The van der Waals surface area contributed by atoms with Gasteiger partial charge in [0.25, 0.3) is 5.91 Å². The van der Waals surface area contributed by atoms with E-state index in [1.165, 1.54) is 5.56 Å². The molecular formula is C18H20N3O+. The van der Waals surface area contributed by atoms with Gasteiger partial charge in [-0.25, -0.2) is 0 Å². The zero-order valence-corrected chi connectivity index (χ0v) is 12.9. The fraction of sp³-hybridized carbons (Fsp3) is 0.278. The van der Waals surface area contributed by atoms with Gasteiger partial charge in [-0.05, 0) is 30.2 Å². The van der Waals surface area contributed by atoms with Crippen molar-refractivity contribution in [3.8, 4) is 6.07 Å². The number of benzene rings is 1. The molecule has 22 heavy (non-hydrogen) atoms. The van der Waals surface area contributed by atoms with E-state index in [0.717, 1.165) is 12.8 Å². The largest absolute Gasteiger partial charge is 0.320 e. The lowest BCUT2D eigenvalue weighted by Gasteiger charge is -2.09. The Morgan fingerprint density at radius 3 is 2.68 bits per heavy atom. The van der Waals surface area contributed by atoms with Crippen LogP contribution < -0.4 is 9.88 Å². The van der Waals surface area contributed by atoms with Crippen molar-refractivity contribution >= 4 is 11.6 Å². The number of rotatable bonds is 5. The SMILES string of the molecule is CCCc1cc[n+]([C@@H](C)C(=O)Nc2cccc(C#N)c2)cc1. The maximum Gasteiger partial charge on any atom is 0.293 e. The number of anilines is 1. The molecular weight excluding hydrogens is 274 g/mol. The Morgan fingerprint density at radius 2 is 2.05 bits per heavy atom. The van der Waals surface area contributed by atoms with Gasteiger partial charge in [-0.3, -0.25) is 4.79 Å². The third-order valence-electron chi connectivity index (χ3n) is 3.55. The highest BCUT2D eigenvalue weighted by molar-refractivity contribution is 5.92. The molecule has 1 aromatic heterocycles. The third kappa shape index (κ3) is 3.92. The average molecular weight is 294 g/mol. The van der Waals surface area contributed by atoms with Crippen molar-refractivity contribution in [3.05, 3.63) is 59.9 Å². The number of hydrogen-bond donors (Lipinski definition) is 1. The number of hydrogen-bond acceptors (Lipinski definition) is 2. The van der Waals surface area contributed by atoms with Crippen LogP contribution in [0.3, 0.4) is 0 Å². The first-order valence-electron chi connectivity index (χ1n) is 7.44. The van der Waals surface area contributed by atoms with E-state index in [0.29, 0.717) is 11.3 Å². The second-order valence-electron chi connectivity index (χ2n) is 5.26. The Morgan fingerprint density at radius 1 is 1.32 bits per heavy atom. The van der Waals surface area contributed by atoms with Gasteiger partial charge in [0.1, 0.15) is 0 Å². The van der Waals surface area contributed by atoms with Crippen molar-refractivity contribution in [3.63, 3.8) is 0 Å². The van der Waals surface area contributed by atoms with Crippen LogP contribution in [-0.2, 0) is 11.2 Å². The van der Waals surface area contributed by atoms with E-state index in [-0.39, 0.29) is 11.9 Å². The lowest BCUT2D eigenvalue weighted by molar-refractivity contribution is -0.705. The van der Waals surface area contributed by atoms with Crippen LogP contribution >= 0.6 is 0 Å². The molecule has 0 unspecified atom stereocenters. The Hall–Kier alpha value is -2.67. The highest BCUT2D eigenvalue weighted by Gasteiger charge is 2.21. The summed E-state index contributed by atoms with van der Waals surface area (Å²) in [6.07, 6.45) is 6.01. The first-order valence-corrected chi connectivity index (χ1v) is 7.44. The Kier molecular flexibility index (Phi) is 5.26. The van der Waals surface area contributed by atoms with E-state index in [1.807, 2.05) is 36.0 Å². The number of nitrogens with one attached hydrogen (secondary N) is 1. The standard InChI is InChI=1S/C18H19N3O/c1-3-5-15-8-10-21(11-9-15)14(2)18(22)20-17-7-4-6-16(12-17)13-19/h4,6-12,14H,3,5H2,1-2H3/p+1/t14-/m0/s1. The lowest BCUT2D eigenvalue weighted by Crippen LogP contribution is -2.44. The predicted octanol–water partition coefficient (Wildman–Crippen LogP) is 3.00. The van der Waals surface area contributed by atoms with Gasteiger partial charge in [0.05, 0.1) is 11.6 Å². The third-order valence-corrected chi connectivity index (χ3v) is 3.55. The topological polar surface area (TPSA) is 56.8 Å². The van der Waals surface area contributed by atoms with Gasteiger partial charge in [-0.15, -0.1) is 0 Å². The summed E-state index contributed by atoms with van der Waals surface area (Å²) >= 11 is 0. The normalized spacial score (nSPS) is 11.5. The molecule has 1 aromatic carbocycles. The van der Waals surface area contributed by atoms with Crippen molar-refractivity contribution < 1.29 is 9.36 Å². The van der Waals surface area contributed by atoms with Gasteiger partial charge < -0.3 is 5.32 Å². The van der Waals surface area contributed by atoms with E-state index in [1.54, 1.807) is 24.3 Å². The summed E-state index contributed by atoms with van der Waals surface area (Å²) in [4.78, 5) is 12.3. The summed E-state index contributed by atoms with van der Waals surface area (Å²) in [5, 5.41) is 11.7. The number of carbonyl (C=O) groups excluding carboxylic acids is 1. The number of aromatic nitrogens is 1. The fourth-order valence-electron chi connectivity index (χ4n) is 2.23. The van der Waals surface area contributed by atoms with Crippen LogP contribution in [0.5, 0.6) is 0 Å². The summed E-state index contributed by atoms with van der Waals surface area (Å²) in [5.41, 5.74) is 2.44. The average Bonchev–Trinajstić information content (AvgIpc) is 2.55. The van der Waals surface area contributed by atoms with E-state index >= 15 is 0 Å². The molecule has 2 rings (SSSR count). The molecule has 0 aliphatic carbocycles. The smallest absolute Gasteiger partial charge is 0.293 e. The fourth-order valence-corrected chi connectivity index (χ4v) is 2.23. The molecule has 1 heterocycles. The van der Waals surface area contributed by atoms with Crippen molar-refractivity contribution in [2.75, 3.05) is 5.32 Å². The van der Waals surface area contributed by atoms with E-state index in [2.05, 4.69) is 18.3 Å². The van der Waals surface area contributed by atoms with Crippen molar-refractivity contribution in [2.45, 2.75) is 32.7 Å². The highest BCUT2D eigenvalue weighted by atomic mass is 16.2. The number of nitriles is 1. The quantitative estimate of drug-likeness (QED) is 0.862. The van der Waals surface area contributed by atoms with Gasteiger partial charge in [-0.2, -0.15) is 9.83 Å². The van der Waals surface area contributed by atoms with Crippen LogP contribution in [0, 0.1) is 11.3 Å². The molecule has 4 heteroatoms. The molecule has 4 nitrogen and oxygen atoms in total. The monoisotopic (exact) mass is 294 g/mol. The van der Waals surface area contributed by atoms with Crippen molar-refractivity contribution in [1.29, 1.82) is 5.26 Å². The highest BCUT2D eigenvalue weighted by Crippen LogP contribution is 2.11. The summed E-state index contributed by atoms with van der Waals surface area (Å²) in [5.74, 6) is -0.108. The van der Waals surface area contributed by atoms with Crippen LogP contribution in [0.2, 0.25) is 0 Å². The molecule has 1 N–H and O–H groups in total. The maximum atomic E-state index is 12.3. The molecule has 2 aromatic rings. The molecule has 1 atom stereocenters. The van der Waals surface area contributed by atoms with Gasteiger partial charge in [0.15, 0.2) is 12.4 Å². The van der Waals surface area contributed by atoms with Crippen molar-refractivity contribution in [2.24, 2.45) is 0 Å². The first-order chi connectivity index (χ1) is 10.6. The molecule has 0 fully saturated rings. The van der Waals surface area contributed by atoms with E-state index < -0.39 is 0 Å². The number of aryl methyl sites for hydroxylation is 1. The van der Waals surface area contributed by atoms with E-state index in [9.17, 15) is 4.79 Å². The summed E-state index contributed by atoms with van der Waals surface area (Å²) < 4.78 is 1.88.